The molecule has 2 N–H and O–H groups in total. The Balaban J connectivity index is 1.69. The second kappa shape index (κ2) is 14.5. The zero-order chi connectivity index (χ0) is 32.1. The molecule has 4 amide bonds. The molecule has 11 nitrogen and oxygen atoms in total. The van der Waals surface area contributed by atoms with Crippen molar-refractivity contribution in [3.8, 4) is 11.5 Å². The fraction of sp³-hybridized carbons (Fsp3) is 0.636. The van der Waals surface area contributed by atoms with Crippen molar-refractivity contribution >= 4 is 29.7 Å². The Labute approximate surface area is 261 Å². The zero-order valence-corrected chi connectivity index (χ0v) is 27.2. The lowest BCUT2D eigenvalue weighted by Crippen LogP contribution is -2.60. The van der Waals surface area contributed by atoms with Gasteiger partial charge in [-0.15, -0.1) is 0 Å². The smallest absolute Gasteiger partial charge is 0.249 e. The highest BCUT2D eigenvalue weighted by atomic mass is 16.5. The van der Waals surface area contributed by atoms with Crippen LogP contribution >= 0.6 is 0 Å². The van der Waals surface area contributed by atoms with Crippen LogP contribution in [-0.4, -0.2) is 103 Å². The summed E-state index contributed by atoms with van der Waals surface area (Å²) in [5.41, 5.74) is 0.707. The number of hydrogen-bond donors (Lipinski definition) is 2. The SMILES string of the molecule is CCC(C)[C@H](C(=O)N[C@@H](CC(C)C)C(=O)N1CC[C@@H]2Oc3ccc(OC)c(c3)/C=C/NC(=O)[C@@H]3CCCN3C(=O)[C@H]21)N(C)C. The molecular formula is C33H49N5O6. The molecule has 3 aliphatic rings. The summed E-state index contributed by atoms with van der Waals surface area (Å²) in [5, 5.41) is 5.88. The van der Waals surface area contributed by atoms with Crippen molar-refractivity contribution in [1.29, 1.82) is 0 Å². The molecule has 0 radical (unpaired) electrons. The van der Waals surface area contributed by atoms with Crippen molar-refractivity contribution in [2.75, 3.05) is 34.3 Å². The molecular weight excluding hydrogens is 562 g/mol. The zero-order valence-electron chi connectivity index (χ0n) is 27.2. The van der Waals surface area contributed by atoms with Gasteiger partial charge in [-0.05, 0) is 69.5 Å². The fourth-order valence-electron chi connectivity index (χ4n) is 6.68. The number of carbonyl (C=O) groups excluding carboxylic acids is 4. The number of likely N-dealkylation sites (N-methyl/N-ethyl adjacent to an activating group) is 1. The number of nitrogens with zero attached hydrogens (tertiary/aromatic N) is 3. The highest BCUT2D eigenvalue weighted by Gasteiger charge is 2.49. The van der Waals surface area contributed by atoms with Gasteiger partial charge in [-0.2, -0.15) is 0 Å². The molecule has 44 heavy (non-hydrogen) atoms. The van der Waals surface area contributed by atoms with Gasteiger partial charge in [0.2, 0.25) is 23.6 Å². The van der Waals surface area contributed by atoms with Gasteiger partial charge in [0.25, 0.3) is 0 Å². The number of rotatable bonds is 9. The number of methoxy groups -OCH3 is 1. The number of amides is 4. The van der Waals surface area contributed by atoms with E-state index in [9.17, 15) is 19.2 Å². The van der Waals surface area contributed by atoms with Crippen LogP contribution in [0.25, 0.3) is 6.08 Å². The van der Waals surface area contributed by atoms with Crippen LogP contribution in [0.15, 0.2) is 24.4 Å². The van der Waals surface area contributed by atoms with Crippen LogP contribution in [0.3, 0.4) is 0 Å². The summed E-state index contributed by atoms with van der Waals surface area (Å²) in [6, 6.07) is 2.54. The molecule has 3 heterocycles. The Morgan fingerprint density at radius 2 is 1.91 bits per heavy atom. The van der Waals surface area contributed by atoms with Gasteiger partial charge in [0.15, 0.2) is 0 Å². The van der Waals surface area contributed by atoms with Gasteiger partial charge in [0.05, 0.1) is 13.2 Å². The highest BCUT2D eigenvalue weighted by Crippen LogP contribution is 2.32. The number of nitrogens with one attached hydrogen (secondary N) is 2. The summed E-state index contributed by atoms with van der Waals surface area (Å²) < 4.78 is 11.9. The molecule has 0 aliphatic carbocycles. The van der Waals surface area contributed by atoms with Gasteiger partial charge >= 0.3 is 0 Å². The fourth-order valence-corrected chi connectivity index (χ4v) is 6.68. The molecule has 242 valence electrons. The largest absolute Gasteiger partial charge is 0.496 e. The van der Waals surface area contributed by atoms with E-state index in [2.05, 4.69) is 10.6 Å². The Kier molecular flexibility index (Phi) is 10.9. The molecule has 1 unspecified atom stereocenters. The van der Waals surface area contributed by atoms with E-state index in [0.717, 1.165) is 6.42 Å². The third kappa shape index (κ3) is 7.20. The second-order valence-corrected chi connectivity index (χ2v) is 12.8. The number of fused-ring (bicyclic) bond motifs is 4. The molecule has 1 aromatic carbocycles. The third-order valence-electron chi connectivity index (χ3n) is 9.02. The predicted octanol–water partition coefficient (Wildman–Crippen LogP) is 2.64. The Bertz CT molecular complexity index is 1250. The monoisotopic (exact) mass is 611 g/mol. The van der Waals surface area contributed by atoms with Crippen LogP contribution in [0.5, 0.6) is 11.5 Å². The molecule has 0 saturated carbocycles. The quantitative estimate of drug-likeness (QED) is 0.441. The van der Waals surface area contributed by atoms with E-state index in [-0.39, 0.29) is 35.5 Å². The Morgan fingerprint density at radius 1 is 1.16 bits per heavy atom. The number of ether oxygens (including phenoxy) is 2. The van der Waals surface area contributed by atoms with Crippen LogP contribution < -0.4 is 20.1 Å². The normalized spacial score (nSPS) is 24.6. The van der Waals surface area contributed by atoms with E-state index in [1.807, 2.05) is 46.7 Å². The van der Waals surface area contributed by atoms with Crippen LogP contribution in [0.2, 0.25) is 0 Å². The van der Waals surface area contributed by atoms with E-state index < -0.39 is 30.3 Å². The summed E-state index contributed by atoms with van der Waals surface area (Å²) in [7, 11) is 5.31. The van der Waals surface area contributed by atoms with Crippen molar-refractivity contribution in [2.45, 2.75) is 90.1 Å². The topological polar surface area (TPSA) is 121 Å². The molecule has 3 aliphatic heterocycles. The number of benzene rings is 1. The molecule has 11 heteroatoms. The molecule has 6 atom stereocenters. The first-order chi connectivity index (χ1) is 21.0. The van der Waals surface area contributed by atoms with E-state index in [1.165, 1.54) is 0 Å². The van der Waals surface area contributed by atoms with E-state index in [4.69, 9.17) is 9.47 Å². The Hall–Kier alpha value is -3.60. The molecule has 0 spiro atoms. The molecule has 4 rings (SSSR count). The Morgan fingerprint density at radius 3 is 2.57 bits per heavy atom. The van der Waals surface area contributed by atoms with E-state index >= 15 is 0 Å². The molecule has 2 bridgehead atoms. The summed E-state index contributed by atoms with van der Waals surface area (Å²) in [6.07, 6.45) is 5.54. The third-order valence-corrected chi connectivity index (χ3v) is 9.02. The van der Waals surface area contributed by atoms with Gasteiger partial charge < -0.3 is 29.9 Å². The maximum atomic E-state index is 14.4. The van der Waals surface area contributed by atoms with Gasteiger partial charge in [-0.3, -0.25) is 24.1 Å². The summed E-state index contributed by atoms with van der Waals surface area (Å²) in [4.78, 5) is 60.5. The first-order valence-electron chi connectivity index (χ1n) is 15.9. The van der Waals surface area contributed by atoms with Crippen molar-refractivity contribution in [3.63, 3.8) is 0 Å². The van der Waals surface area contributed by atoms with Crippen molar-refractivity contribution in [1.82, 2.24) is 25.3 Å². The van der Waals surface area contributed by atoms with E-state index in [0.29, 0.717) is 55.8 Å². The number of hydrogen-bond acceptors (Lipinski definition) is 7. The summed E-state index contributed by atoms with van der Waals surface area (Å²) >= 11 is 0. The average Bonchev–Trinajstić information content (AvgIpc) is 3.63. The van der Waals surface area contributed by atoms with Gasteiger partial charge in [-0.25, -0.2) is 0 Å². The lowest BCUT2D eigenvalue weighted by atomic mass is 9.96. The van der Waals surface area contributed by atoms with Gasteiger partial charge in [0.1, 0.15) is 35.7 Å². The van der Waals surface area contributed by atoms with Crippen LogP contribution in [0.1, 0.15) is 65.4 Å². The van der Waals surface area contributed by atoms with Crippen molar-refractivity contribution in [2.24, 2.45) is 11.8 Å². The maximum absolute atomic E-state index is 14.4. The lowest BCUT2D eigenvalue weighted by Gasteiger charge is -2.36. The predicted molar refractivity (Wildman–Crippen MR) is 168 cm³/mol. The van der Waals surface area contributed by atoms with Gasteiger partial charge in [0, 0.05) is 31.3 Å². The van der Waals surface area contributed by atoms with Crippen molar-refractivity contribution < 1.29 is 28.7 Å². The molecule has 0 aromatic heterocycles. The summed E-state index contributed by atoms with van der Waals surface area (Å²) in [5.74, 6) is 0.245. The van der Waals surface area contributed by atoms with E-state index in [1.54, 1.807) is 47.4 Å². The van der Waals surface area contributed by atoms with Crippen molar-refractivity contribution in [3.05, 3.63) is 30.0 Å². The molecule has 1 aromatic rings. The first kappa shape index (κ1) is 33.3. The van der Waals surface area contributed by atoms with Gasteiger partial charge in [-0.1, -0.05) is 34.1 Å². The lowest BCUT2D eigenvalue weighted by molar-refractivity contribution is -0.150. The minimum atomic E-state index is -0.944. The first-order valence-corrected chi connectivity index (χ1v) is 15.9. The minimum absolute atomic E-state index is 0.0865. The molecule has 2 saturated heterocycles. The molecule has 2 fully saturated rings. The number of carbonyl (C=O) groups is 4. The maximum Gasteiger partial charge on any atom is 0.249 e. The average molecular weight is 612 g/mol. The van der Waals surface area contributed by atoms with Crippen LogP contribution in [-0.2, 0) is 19.2 Å². The second-order valence-electron chi connectivity index (χ2n) is 12.8. The van der Waals surface area contributed by atoms with Crippen LogP contribution in [0, 0.1) is 11.8 Å². The summed E-state index contributed by atoms with van der Waals surface area (Å²) in [6.45, 7) is 8.79. The van der Waals surface area contributed by atoms with Crippen LogP contribution in [0.4, 0.5) is 0 Å². The standard InChI is InChI=1S/C33H49N5O6/c1-8-21(4)28(36(5)6)31(40)35-24(18-20(2)3)32(41)38-17-14-27-29(38)33(42)37-16-9-10-25(37)30(39)34-15-13-22-19-23(44-27)11-12-26(22)43-7/h11-13,15,19-21,24-25,27-29H,8-10,14,16-18H2,1-7H3,(H,34,39)(H,35,40)/b15-13+/t21?,24-,25-,27-,28+,29-/m0/s1. The number of likely N-dealkylation sites (tertiary alicyclic amines) is 1. The highest BCUT2D eigenvalue weighted by molar-refractivity contribution is 5.96. The minimum Gasteiger partial charge on any atom is -0.496 e.